The van der Waals surface area contributed by atoms with E-state index in [1.165, 1.54) is 38.5 Å². The molecule has 2 heterocycles. The van der Waals surface area contributed by atoms with Gasteiger partial charge in [-0.15, -0.1) is 0 Å². The van der Waals surface area contributed by atoms with Crippen LogP contribution in [0.5, 0.6) is 34.5 Å². The highest BCUT2D eigenvalue weighted by Gasteiger charge is 2.34. The van der Waals surface area contributed by atoms with Crippen molar-refractivity contribution in [2.24, 2.45) is 0 Å². The average molecular weight is 476 g/mol. The third-order valence-corrected chi connectivity index (χ3v) is 5.98. The predicted molar refractivity (Wildman–Crippen MR) is 125 cm³/mol. The van der Waals surface area contributed by atoms with Crippen molar-refractivity contribution in [3.63, 3.8) is 0 Å². The molecule has 5 rings (SSSR count). The highest BCUT2D eigenvalue weighted by molar-refractivity contribution is 5.93. The number of ether oxygens (including phenoxy) is 3. The lowest BCUT2D eigenvalue weighted by molar-refractivity contribution is -0.135. The molecule has 9 heteroatoms. The van der Waals surface area contributed by atoms with Crippen LogP contribution in [0.2, 0.25) is 0 Å². The Morgan fingerprint density at radius 1 is 0.914 bits per heavy atom. The summed E-state index contributed by atoms with van der Waals surface area (Å²) in [4.78, 5) is 25.5. The van der Waals surface area contributed by atoms with E-state index in [0.717, 1.165) is 0 Å². The Morgan fingerprint density at radius 3 is 2.20 bits per heavy atom. The Balaban J connectivity index is 1.81. The van der Waals surface area contributed by atoms with Crippen LogP contribution in [-0.2, 0) is 4.79 Å². The molecule has 0 radical (unpaired) electrons. The summed E-state index contributed by atoms with van der Waals surface area (Å²) < 4.78 is 22.1. The van der Waals surface area contributed by atoms with Gasteiger partial charge in [0.2, 0.25) is 5.75 Å². The third-order valence-electron chi connectivity index (χ3n) is 5.98. The largest absolute Gasteiger partial charge is 0.508 e. The Morgan fingerprint density at radius 2 is 1.57 bits per heavy atom. The highest BCUT2D eigenvalue weighted by Crippen LogP contribution is 2.48. The second-order valence-electron chi connectivity index (χ2n) is 8.04. The van der Waals surface area contributed by atoms with Gasteiger partial charge in [0.05, 0.1) is 20.6 Å². The standard InChI is InChI=1S/C26H20O9/c1-32-20-7-13(8-21(33-2)25(20)31)15-9-22(30)34-19-11-17(29)24-16(28)10-18(35-26(24)23(15)19)12-3-5-14(27)6-4-12/h3-8,10-11,15,27,29,31H,9H2,1-2H3/t15-/m0/s1. The van der Waals surface area contributed by atoms with Crippen LogP contribution in [0.15, 0.2) is 57.7 Å². The Hall–Kier alpha value is -4.66. The van der Waals surface area contributed by atoms with Crippen LogP contribution in [0.3, 0.4) is 0 Å². The molecule has 3 N–H and O–H groups in total. The van der Waals surface area contributed by atoms with Crippen LogP contribution in [0, 0.1) is 0 Å². The molecule has 0 unspecified atom stereocenters. The van der Waals surface area contributed by atoms with E-state index in [2.05, 4.69) is 0 Å². The first-order valence-electron chi connectivity index (χ1n) is 10.6. The number of hydrogen-bond acceptors (Lipinski definition) is 9. The fourth-order valence-corrected chi connectivity index (χ4v) is 4.33. The molecule has 3 aromatic carbocycles. The number of benzene rings is 3. The minimum Gasteiger partial charge on any atom is -0.508 e. The van der Waals surface area contributed by atoms with Gasteiger partial charge >= 0.3 is 5.97 Å². The highest BCUT2D eigenvalue weighted by atomic mass is 16.5. The molecule has 1 atom stereocenters. The van der Waals surface area contributed by atoms with Gasteiger partial charge in [0.1, 0.15) is 34.0 Å². The van der Waals surface area contributed by atoms with Crippen LogP contribution in [0.1, 0.15) is 23.5 Å². The van der Waals surface area contributed by atoms with Gasteiger partial charge in [0.15, 0.2) is 16.9 Å². The van der Waals surface area contributed by atoms with E-state index in [4.69, 9.17) is 18.6 Å². The first kappa shape index (κ1) is 22.1. The minimum atomic E-state index is -0.670. The topological polar surface area (TPSA) is 136 Å². The quantitative estimate of drug-likeness (QED) is 0.295. The van der Waals surface area contributed by atoms with Crippen molar-refractivity contribution >= 4 is 16.9 Å². The molecule has 0 spiro atoms. The van der Waals surface area contributed by atoms with E-state index in [1.807, 2.05) is 0 Å². The van der Waals surface area contributed by atoms with Crippen LogP contribution < -0.4 is 19.6 Å². The maximum atomic E-state index is 13.0. The van der Waals surface area contributed by atoms with Gasteiger partial charge in [-0.05, 0) is 42.0 Å². The number of aromatic hydroxyl groups is 3. The Bertz CT molecular complexity index is 1510. The zero-order valence-electron chi connectivity index (χ0n) is 18.7. The lowest BCUT2D eigenvalue weighted by atomic mass is 9.84. The lowest BCUT2D eigenvalue weighted by Gasteiger charge is -2.26. The number of phenolic OH excluding ortho intramolecular Hbond substituents is 3. The van der Waals surface area contributed by atoms with Gasteiger partial charge in [-0.25, -0.2) is 0 Å². The number of esters is 1. The van der Waals surface area contributed by atoms with Crippen molar-refractivity contribution in [2.75, 3.05) is 14.2 Å². The molecule has 0 saturated carbocycles. The molecule has 4 aromatic rings. The molecule has 0 fully saturated rings. The fourth-order valence-electron chi connectivity index (χ4n) is 4.33. The average Bonchev–Trinajstić information content (AvgIpc) is 2.83. The molecule has 1 aliphatic rings. The first-order valence-corrected chi connectivity index (χ1v) is 10.6. The van der Waals surface area contributed by atoms with E-state index in [0.29, 0.717) is 16.7 Å². The van der Waals surface area contributed by atoms with Crippen molar-refractivity contribution in [1.82, 2.24) is 0 Å². The first-order chi connectivity index (χ1) is 16.8. The van der Waals surface area contributed by atoms with Gasteiger partial charge in [-0.1, -0.05) is 0 Å². The molecule has 0 saturated heterocycles. The van der Waals surface area contributed by atoms with Gasteiger partial charge < -0.3 is 33.9 Å². The number of phenols is 3. The van der Waals surface area contributed by atoms with Crippen molar-refractivity contribution in [2.45, 2.75) is 12.3 Å². The van der Waals surface area contributed by atoms with Crippen LogP contribution >= 0.6 is 0 Å². The van der Waals surface area contributed by atoms with Gasteiger partial charge in [0.25, 0.3) is 0 Å². The van der Waals surface area contributed by atoms with Crippen molar-refractivity contribution in [3.05, 3.63) is 69.9 Å². The zero-order chi connectivity index (χ0) is 24.9. The summed E-state index contributed by atoms with van der Waals surface area (Å²) in [6, 6.07) is 11.7. The molecular formula is C26H20O9. The van der Waals surface area contributed by atoms with Crippen LogP contribution in [0.4, 0.5) is 0 Å². The fraction of sp³-hybridized carbons (Fsp3) is 0.154. The van der Waals surface area contributed by atoms with E-state index in [-0.39, 0.29) is 57.6 Å². The summed E-state index contributed by atoms with van der Waals surface area (Å²) >= 11 is 0. The molecule has 178 valence electrons. The smallest absolute Gasteiger partial charge is 0.312 e. The van der Waals surface area contributed by atoms with Gasteiger partial charge in [-0.3, -0.25) is 9.59 Å². The Kier molecular flexibility index (Phi) is 5.24. The molecule has 1 aliphatic heterocycles. The number of hydrogen-bond donors (Lipinski definition) is 3. The van der Waals surface area contributed by atoms with Crippen molar-refractivity contribution < 1.29 is 38.7 Å². The van der Waals surface area contributed by atoms with Crippen LogP contribution in [0.25, 0.3) is 22.3 Å². The number of rotatable bonds is 4. The summed E-state index contributed by atoms with van der Waals surface area (Å²) in [5, 5.41) is 30.5. The summed E-state index contributed by atoms with van der Waals surface area (Å²) in [5.41, 5.74) is 1.01. The van der Waals surface area contributed by atoms with Crippen molar-refractivity contribution in [3.8, 4) is 45.8 Å². The summed E-state index contributed by atoms with van der Waals surface area (Å²) in [5.74, 6) is -1.24. The molecule has 0 aliphatic carbocycles. The molecule has 9 nitrogen and oxygen atoms in total. The molecular weight excluding hydrogens is 456 g/mol. The second-order valence-corrected chi connectivity index (χ2v) is 8.04. The van der Waals surface area contributed by atoms with Gasteiger partial charge in [0, 0.05) is 29.2 Å². The summed E-state index contributed by atoms with van der Waals surface area (Å²) in [6.07, 6.45) is -0.100. The second kappa shape index (κ2) is 8.28. The monoisotopic (exact) mass is 476 g/mol. The SMILES string of the molecule is COc1cc([C@@H]2CC(=O)Oc3cc(O)c4c(=O)cc(-c5ccc(O)cc5)oc4c32)cc(OC)c1O. The number of methoxy groups -OCH3 is 2. The lowest BCUT2D eigenvalue weighted by Crippen LogP contribution is -2.22. The maximum Gasteiger partial charge on any atom is 0.312 e. The van der Waals surface area contributed by atoms with Crippen LogP contribution in [-0.4, -0.2) is 35.5 Å². The van der Waals surface area contributed by atoms with E-state index in [9.17, 15) is 24.9 Å². The normalized spacial score (nSPS) is 14.9. The summed E-state index contributed by atoms with van der Waals surface area (Å²) in [7, 11) is 2.77. The predicted octanol–water partition coefficient (Wildman–Crippen LogP) is 4.04. The van der Waals surface area contributed by atoms with E-state index in [1.54, 1.807) is 24.3 Å². The molecule has 0 amide bonds. The Labute approximate surface area is 198 Å². The molecule has 35 heavy (non-hydrogen) atoms. The zero-order valence-corrected chi connectivity index (χ0v) is 18.7. The number of carbonyl (C=O) groups excluding carboxylic acids is 1. The maximum absolute atomic E-state index is 13.0. The van der Waals surface area contributed by atoms with Crippen molar-refractivity contribution in [1.29, 1.82) is 0 Å². The number of fused-ring (bicyclic) bond motifs is 3. The third kappa shape index (κ3) is 3.67. The molecule has 1 aromatic heterocycles. The van der Waals surface area contributed by atoms with Gasteiger partial charge in [-0.2, -0.15) is 0 Å². The number of carbonyl (C=O) groups is 1. The summed E-state index contributed by atoms with van der Waals surface area (Å²) in [6.45, 7) is 0. The minimum absolute atomic E-state index is 0.0493. The molecule has 0 bridgehead atoms. The van der Waals surface area contributed by atoms with E-state index < -0.39 is 17.3 Å². The van der Waals surface area contributed by atoms with E-state index >= 15 is 0 Å².